The van der Waals surface area contributed by atoms with Gasteiger partial charge in [0.25, 0.3) is 0 Å². The highest BCUT2D eigenvalue weighted by Crippen LogP contribution is 2.35. The van der Waals surface area contributed by atoms with Gasteiger partial charge in [0.2, 0.25) is 0 Å². The molecule has 1 N–H and O–H groups in total. The van der Waals surface area contributed by atoms with E-state index in [4.69, 9.17) is 4.74 Å². The van der Waals surface area contributed by atoms with E-state index >= 15 is 0 Å². The highest BCUT2D eigenvalue weighted by molar-refractivity contribution is 5.92. The number of ether oxygens (including phenoxy) is 1. The summed E-state index contributed by atoms with van der Waals surface area (Å²) in [5.41, 5.74) is 0.650. The lowest BCUT2D eigenvalue weighted by Gasteiger charge is -2.29. The Morgan fingerprint density at radius 2 is 2.08 bits per heavy atom. The standard InChI is InChI=1S/C10H16O3/c1-5-8(11)10(4)7(3)6(2)9(12)13-10/h8,11H,5H2,1-4H3/t8-,10+/m1/s1. The summed E-state index contributed by atoms with van der Waals surface area (Å²) >= 11 is 0. The second-order valence-electron chi connectivity index (χ2n) is 3.67. The largest absolute Gasteiger partial charge is 0.449 e. The van der Waals surface area contributed by atoms with Crippen LogP contribution in [-0.4, -0.2) is 22.8 Å². The molecule has 0 amide bonds. The van der Waals surface area contributed by atoms with Gasteiger partial charge in [0, 0.05) is 5.57 Å². The molecule has 1 heterocycles. The molecule has 13 heavy (non-hydrogen) atoms. The molecular formula is C10H16O3. The summed E-state index contributed by atoms with van der Waals surface area (Å²) in [6.07, 6.45) is -0.0390. The second kappa shape index (κ2) is 3.14. The normalized spacial score (nSPS) is 30.7. The number of cyclic esters (lactones) is 1. The lowest BCUT2D eigenvalue weighted by molar-refractivity contribution is -0.154. The number of hydrogen-bond acceptors (Lipinski definition) is 3. The van der Waals surface area contributed by atoms with Crippen LogP contribution in [-0.2, 0) is 9.53 Å². The van der Waals surface area contributed by atoms with Crippen LogP contribution >= 0.6 is 0 Å². The van der Waals surface area contributed by atoms with Crippen LogP contribution in [0.25, 0.3) is 0 Å². The first-order chi connectivity index (χ1) is 5.93. The number of aliphatic hydroxyl groups is 1. The minimum atomic E-state index is -0.810. The number of carbonyl (C=O) groups excluding carboxylic acids is 1. The van der Waals surface area contributed by atoms with E-state index in [2.05, 4.69) is 0 Å². The molecule has 0 fully saturated rings. The third kappa shape index (κ3) is 1.37. The Balaban J connectivity index is 3.03. The van der Waals surface area contributed by atoms with Gasteiger partial charge < -0.3 is 9.84 Å². The molecular weight excluding hydrogens is 168 g/mol. The lowest BCUT2D eigenvalue weighted by Crippen LogP contribution is -2.40. The van der Waals surface area contributed by atoms with E-state index in [1.54, 1.807) is 13.8 Å². The van der Waals surface area contributed by atoms with Crippen LogP contribution in [0.2, 0.25) is 0 Å². The van der Waals surface area contributed by atoms with Gasteiger partial charge in [-0.1, -0.05) is 6.92 Å². The van der Waals surface area contributed by atoms with Crippen LogP contribution in [0.5, 0.6) is 0 Å². The minimum absolute atomic E-state index is 0.312. The van der Waals surface area contributed by atoms with E-state index in [0.29, 0.717) is 12.0 Å². The van der Waals surface area contributed by atoms with Crippen LogP contribution < -0.4 is 0 Å². The number of esters is 1. The molecule has 3 nitrogen and oxygen atoms in total. The first-order valence-corrected chi connectivity index (χ1v) is 4.52. The molecule has 0 aliphatic carbocycles. The van der Waals surface area contributed by atoms with Crippen molar-refractivity contribution in [3.63, 3.8) is 0 Å². The smallest absolute Gasteiger partial charge is 0.334 e. The highest BCUT2D eigenvalue weighted by atomic mass is 16.6. The molecule has 2 atom stereocenters. The third-order valence-electron chi connectivity index (χ3n) is 2.94. The van der Waals surface area contributed by atoms with Gasteiger partial charge in [0.1, 0.15) is 0 Å². The summed E-state index contributed by atoms with van der Waals surface area (Å²) < 4.78 is 5.16. The van der Waals surface area contributed by atoms with Crippen molar-refractivity contribution in [3.8, 4) is 0 Å². The highest BCUT2D eigenvalue weighted by Gasteiger charge is 2.44. The lowest BCUT2D eigenvalue weighted by atomic mass is 9.89. The zero-order chi connectivity index (χ0) is 10.2. The van der Waals surface area contributed by atoms with Gasteiger partial charge in [-0.2, -0.15) is 0 Å². The number of rotatable bonds is 2. The van der Waals surface area contributed by atoms with Crippen molar-refractivity contribution in [2.75, 3.05) is 0 Å². The van der Waals surface area contributed by atoms with E-state index in [1.165, 1.54) is 0 Å². The molecule has 0 aromatic carbocycles. The summed E-state index contributed by atoms with van der Waals surface area (Å²) in [5.74, 6) is -0.312. The van der Waals surface area contributed by atoms with E-state index in [9.17, 15) is 9.90 Å². The summed E-state index contributed by atoms with van der Waals surface area (Å²) in [4.78, 5) is 11.2. The number of hydrogen-bond donors (Lipinski definition) is 1. The second-order valence-corrected chi connectivity index (χ2v) is 3.67. The Hall–Kier alpha value is -0.830. The fourth-order valence-electron chi connectivity index (χ4n) is 1.58. The van der Waals surface area contributed by atoms with Gasteiger partial charge in [-0.25, -0.2) is 4.79 Å². The molecule has 0 aromatic heterocycles. The topological polar surface area (TPSA) is 46.5 Å². The van der Waals surface area contributed by atoms with Crippen molar-refractivity contribution in [2.45, 2.75) is 45.8 Å². The van der Waals surface area contributed by atoms with Crippen LogP contribution in [0.3, 0.4) is 0 Å². The van der Waals surface area contributed by atoms with Gasteiger partial charge in [-0.15, -0.1) is 0 Å². The fourth-order valence-corrected chi connectivity index (χ4v) is 1.58. The van der Waals surface area contributed by atoms with Crippen LogP contribution in [0.4, 0.5) is 0 Å². The van der Waals surface area contributed by atoms with E-state index in [0.717, 1.165) is 5.57 Å². The summed E-state index contributed by atoms with van der Waals surface area (Å²) in [6.45, 7) is 7.18. The predicted molar refractivity (Wildman–Crippen MR) is 49.2 cm³/mol. The van der Waals surface area contributed by atoms with Crippen molar-refractivity contribution in [2.24, 2.45) is 0 Å². The Labute approximate surface area is 78.4 Å². The number of aliphatic hydroxyl groups excluding tert-OH is 1. The maximum atomic E-state index is 11.2. The maximum Gasteiger partial charge on any atom is 0.334 e. The predicted octanol–water partition coefficient (Wildman–Crippen LogP) is 1.41. The zero-order valence-corrected chi connectivity index (χ0v) is 8.55. The van der Waals surface area contributed by atoms with Gasteiger partial charge in [0.05, 0.1) is 6.10 Å². The molecule has 0 bridgehead atoms. The first-order valence-electron chi connectivity index (χ1n) is 4.52. The quantitative estimate of drug-likeness (QED) is 0.660. The molecule has 0 aromatic rings. The SMILES string of the molecule is CC[C@@H](O)[C@@]1(C)OC(=O)C(C)=C1C. The van der Waals surface area contributed by atoms with Crippen LogP contribution in [0.15, 0.2) is 11.1 Å². The number of carbonyl (C=O) groups is 1. The van der Waals surface area contributed by atoms with Gasteiger partial charge in [-0.3, -0.25) is 0 Å². The molecule has 1 aliphatic rings. The Morgan fingerprint density at radius 1 is 1.54 bits per heavy atom. The molecule has 1 aliphatic heterocycles. The van der Waals surface area contributed by atoms with Crippen molar-refractivity contribution < 1.29 is 14.6 Å². The van der Waals surface area contributed by atoms with Gasteiger partial charge in [-0.05, 0) is 32.8 Å². The first kappa shape index (κ1) is 10.3. The molecule has 0 unspecified atom stereocenters. The zero-order valence-electron chi connectivity index (χ0n) is 8.55. The van der Waals surface area contributed by atoms with E-state index in [-0.39, 0.29) is 5.97 Å². The van der Waals surface area contributed by atoms with E-state index in [1.807, 2.05) is 13.8 Å². The Morgan fingerprint density at radius 3 is 2.38 bits per heavy atom. The fraction of sp³-hybridized carbons (Fsp3) is 0.700. The van der Waals surface area contributed by atoms with Crippen molar-refractivity contribution in [1.82, 2.24) is 0 Å². The Bertz CT molecular complexity index is 267. The monoisotopic (exact) mass is 184 g/mol. The molecule has 1 rings (SSSR count). The molecule has 3 heteroatoms. The maximum absolute atomic E-state index is 11.2. The average Bonchev–Trinajstić information content (AvgIpc) is 2.30. The van der Waals surface area contributed by atoms with Crippen molar-refractivity contribution >= 4 is 5.97 Å². The summed E-state index contributed by atoms with van der Waals surface area (Å²) in [5, 5.41) is 9.71. The Kier molecular flexibility index (Phi) is 2.48. The molecule has 0 saturated carbocycles. The summed E-state index contributed by atoms with van der Waals surface area (Å²) in [7, 11) is 0. The molecule has 74 valence electrons. The van der Waals surface area contributed by atoms with E-state index < -0.39 is 11.7 Å². The van der Waals surface area contributed by atoms with Gasteiger partial charge >= 0.3 is 5.97 Å². The molecule has 0 spiro atoms. The van der Waals surface area contributed by atoms with Crippen molar-refractivity contribution in [1.29, 1.82) is 0 Å². The van der Waals surface area contributed by atoms with Crippen LogP contribution in [0, 0.1) is 0 Å². The molecule has 0 saturated heterocycles. The third-order valence-corrected chi connectivity index (χ3v) is 2.94. The average molecular weight is 184 g/mol. The summed E-state index contributed by atoms with van der Waals surface area (Å²) in [6, 6.07) is 0. The van der Waals surface area contributed by atoms with Crippen LogP contribution in [0.1, 0.15) is 34.1 Å². The van der Waals surface area contributed by atoms with Crippen molar-refractivity contribution in [3.05, 3.63) is 11.1 Å². The van der Waals surface area contributed by atoms with Gasteiger partial charge in [0.15, 0.2) is 5.60 Å². The minimum Gasteiger partial charge on any atom is -0.449 e. The molecule has 0 radical (unpaired) electrons.